The van der Waals surface area contributed by atoms with Crippen LogP contribution in [0.5, 0.6) is 0 Å². The minimum Gasteiger partial charge on any atom is -0.354 e. The standard InChI is InChI=1S/C20H21BrN2O3S/c1-4-15-14-10-13(21)6-8-17(14)27-18-7-5-12(9-16(18)23-15)20(24)22-11-19(25-2)26-3/h5-10,19H,4,11H2,1-3H3,(H,22,24). The zero-order valence-electron chi connectivity index (χ0n) is 15.4. The lowest BCUT2D eigenvalue weighted by atomic mass is 10.1. The third-order valence-electron chi connectivity index (χ3n) is 4.24. The lowest BCUT2D eigenvalue weighted by molar-refractivity contribution is -0.0974. The largest absolute Gasteiger partial charge is 0.354 e. The predicted molar refractivity (Wildman–Crippen MR) is 111 cm³/mol. The van der Waals surface area contributed by atoms with Gasteiger partial charge in [0.05, 0.1) is 12.2 Å². The van der Waals surface area contributed by atoms with E-state index in [4.69, 9.17) is 14.5 Å². The van der Waals surface area contributed by atoms with E-state index in [-0.39, 0.29) is 12.5 Å². The summed E-state index contributed by atoms with van der Waals surface area (Å²) < 4.78 is 11.2. The van der Waals surface area contributed by atoms with Crippen LogP contribution in [0.15, 0.2) is 55.7 Å². The molecule has 5 nitrogen and oxygen atoms in total. The molecular formula is C20H21BrN2O3S. The molecule has 0 atom stereocenters. The number of aliphatic imine (C=N–C) groups is 1. The highest BCUT2D eigenvalue weighted by Gasteiger charge is 2.19. The van der Waals surface area contributed by atoms with Crippen LogP contribution in [-0.2, 0) is 9.47 Å². The first-order valence-electron chi connectivity index (χ1n) is 8.58. The van der Waals surface area contributed by atoms with Gasteiger partial charge in [-0.1, -0.05) is 34.6 Å². The van der Waals surface area contributed by atoms with Gasteiger partial charge in [-0.2, -0.15) is 0 Å². The van der Waals surface area contributed by atoms with Crippen LogP contribution in [0.2, 0.25) is 0 Å². The van der Waals surface area contributed by atoms with Gasteiger partial charge in [-0.3, -0.25) is 9.79 Å². The fourth-order valence-corrected chi connectivity index (χ4v) is 4.15. The van der Waals surface area contributed by atoms with Crippen molar-refractivity contribution in [3.63, 3.8) is 0 Å². The van der Waals surface area contributed by atoms with Crippen LogP contribution in [0.25, 0.3) is 0 Å². The van der Waals surface area contributed by atoms with E-state index in [0.29, 0.717) is 5.56 Å². The molecule has 1 heterocycles. The van der Waals surface area contributed by atoms with Gasteiger partial charge in [0.2, 0.25) is 0 Å². The Bertz CT molecular complexity index is 882. The summed E-state index contributed by atoms with van der Waals surface area (Å²) in [5.41, 5.74) is 3.51. The smallest absolute Gasteiger partial charge is 0.251 e. The molecule has 0 fully saturated rings. The van der Waals surface area contributed by atoms with Crippen molar-refractivity contribution < 1.29 is 14.3 Å². The highest BCUT2D eigenvalue weighted by Crippen LogP contribution is 2.41. The summed E-state index contributed by atoms with van der Waals surface area (Å²) in [5, 5.41) is 2.82. The number of nitrogens with zero attached hydrogens (tertiary/aromatic N) is 1. The Morgan fingerprint density at radius 3 is 2.63 bits per heavy atom. The number of carbonyl (C=O) groups excluding carboxylic acids is 1. The fraction of sp³-hybridized carbons (Fsp3) is 0.300. The molecule has 142 valence electrons. The number of halogens is 1. The monoisotopic (exact) mass is 448 g/mol. The Morgan fingerprint density at radius 2 is 1.93 bits per heavy atom. The van der Waals surface area contributed by atoms with Crippen LogP contribution in [0.3, 0.4) is 0 Å². The van der Waals surface area contributed by atoms with E-state index >= 15 is 0 Å². The first-order chi connectivity index (χ1) is 13.0. The number of carbonyl (C=O) groups is 1. The van der Waals surface area contributed by atoms with Crippen molar-refractivity contribution in [2.24, 2.45) is 4.99 Å². The summed E-state index contributed by atoms with van der Waals surface area (Å²) in [6.07, 6.45) is 0.339. The van der Waals surface area contributed by atoms with Gasteiger partial charge in [0.25, 0.3) is 5.91 Å². The van der Waals surface area contributed by atoms with Crippen molar-refractivity contribution in [2.45, 2.75) is 29.4 Å². The molecule has 0 bridgehead atoms. The van der Waals surface area contributed by atoms with Crippen molar-refractivity contribution in [1.82, 2.24) is 5.32 Å². The number of methoxy groups -OCH3 is 2. The first kappa shape index (κ1) is 20.1. The second kappa shape index (κ2) is 9.01. The molecule has 1 aliphatic heterocycles. The van der Waals surface area contributed by atoms with Crippen LogP contribution in [-0.4, -0.2) is 38.7 Å². The summed E-state index contributed by atoms with van der Waals surface area (Å²) >= 11 is 5.21. The number of amides is 1. The van der Waals surface area contributed by atoms with E-state index in [2.05, 4.69) is 40.3 Å². The van der Waals surface area contributed by atoms with E-state index < -0.39 is 6.29 Å². The third-order valence-corrected chi connectivity index (χ3v) is 5.87. The summed E-state index contributed by atoms with van der Waals surface area (Å²) in [6, 6.07) is 11.8. The molecule has 2 aromatic carbocycles. The quantitative estimate of drug-likeness (QED) is 0.645. The number of rotatable bonds is 6. The van der Waals surface area contributed by atoms with Crippen molar-refractivity contribution in [2.75, 3.05) is 20.8 Å². The average Bonchev–Trinajstić information content (AvgIpc) is 2.84. The number of fused-ring (bicyclic) bond motifs is 2. The fourth-order valence-electron chi connectivity index (χ4n) is 2.78. The molecule has 1 amide bonds. The van der Waals surface area contributed by atoms with Crippen LogP contribution in [0.4, 0.5) is 5.69 Å². The van der Waals surface area contributed by atoms with Crippen molar-refractivity contribution in [1.29, 1.82) is 0 Å². The molecule has 0 spiro atoms. The second-order valence-electron chi connectivity index (χ2n) is 5.95. The number of benzene rings is 2. The molecule has 27 heavy (non-hydrogen) atoms. The Labute approximate surface area is 171 Å². The van der Waals surface area contributed by atoms with Crippen molar-refractivity contribution >= 4 is 45.0 Å². The minimum atomic E-state index is -0.469. The highest BCUT2D eigenvalue weighted by atomic mass is 79.9. The molecule has 1 N–H and O–H groups in total. The molecule has 0 unspecified atom stereocenters. The molecule has 0 saturated carbocycles. The molecule has 0 saturated heterocycles. The zero-order chi connectivity index (χ0) is 19.4. The average molecular weight is 449 g/mol. The molecule has 3 rings (SSSR count). The highest BCUT2D eigenvalue weighted by molar-refractivity contribution is 9.10. The van der Waals surface area contributed by atoms with Crippen molar-refractivity contribution in [3.8, 4) is 0 Å². The van der Waals surface area contributed by atoms with Gasteiger partial charge in [-0.25, -0.2) is 0 Å². The van der Waals surface area contributed by atoms with Gasteiger partial charge < -0.3 is 14.8 Å². The summed E-state index contributed by atoms with van der Waals surface area (Å²) in [4.78, 5) is 19.5. The van der Waals surface area contributed by atoms with E-state index in [1.807, 2.05) is 24.3 Å². The SMILES string of the molecule is CCC1=Nc2cc(C(=O)NCC(OC)OC)ccc2Sc2ccc(Br)cc21. The van der Waals surface area contributed by atoms with Crippen molar-refractivity contribution in [3.05, 3.63) is 52.0 Å². The number of nitrogens with one attached hydrogen (secondary N) is 1. The van der Waals surface area contributed by atoms with Gasteiger partial charge >= 0.3 is 0 Å². The summed E-state index contributed by atoms with van der Waals surface area (Å²) in [7, 11) is 3.08. The lowest BCUT2D eigenvalue weighted by Gasteiger charge is -2.14. The Morgan fingerprint density at radius 1 is 1.19 bits per heavy atom. The molecule has 7 heteroatoms. The Hall–Kier alpha value is -1.67. The van der Waals surface area contributed by atoms with Gasteiger partial charge in [-0.15, -0.1) is 0 Å². The maximum atomic E-state index is 12.5. The van der Waals surface area contributed by atoms with E-state index in [1.54, 1.807) is 11.8 Å². The van der Waals surface area contributed by atoms with Gasteiger partial charge in [-0.05, 0) is 42.8 Å². The Kier molecular flexibility index (Phi) is 6.70. The molecule has 2 aromatic rings. The molecule has 1 aliphatic rings. The summed E-state index contributed by atoms with van der Waals surface area (Å²) in [5.74, 6) is -0.181. The maximum Gasteiger partial charge on any atom is 0.251 e. The van der Waals surface area contributed by atoms with Crippen LogP contribution >= 0.6 is 27.7 Å². The van der Waals surface area contributed by atoms with Gasteiger partial charge in [0.1, 0.15) is 0 Å². The topological polar surface area (TPSA) is 59.9 Å². The van der Waals surface area contributed by atoms with Crippen LogP contribution in [0, 0.1) is 0 Å². The van der Waals surface area contributed by atoms with Crippen LogP contribution in [0.1, 0.15) is 29.3 Å². The third kappa shape index (κ3) is 4.60. The zero-order valence-corrected chi connectivity index (χ0v) is 17.8. The van der Waals surface area contributed by atoms with Gasteiger partial charge in [0.15, 0.2) is 6.29 Å². The lowest BCUT2D eigenvalue weighted by Crippen LogP contribution is -2.34. The number of hydrogen-bond acceptors (Lipinski definition) is 5. The number of hydrogen-bond donors (Lipinski definition) is 1. The van der Waals surface area contributed by atoms with E-state index in [0.717, 1.165) is 37.6 Å². The van der Waals surface area contributed by atoms with E-state index in [1.165, 1.54) is 14.2 Å². The summed E-state index contributed by atoms with van der Waals surface area (Å²) in [6.45, 7) is 2.37. The minimum absolute atomic E-state index is 0.181. The predicted octanol–water partition coefficient (Wildman–Crippen LogP) is 4.79. The normalized spacial score (nSPS) is 12.9. The molecule has 0 aliphatic carbocycles. The molecular weight excluding hydrogens is 428 g/mol. The van der Waals surface area contributed by atoms with Crippen LogP contribution < -0.4 is 5.32 Å². The number of ether oxygens (including phenoxy) is 2. The second-order valence-corrected chi connectivity index (χ2v) is 7.95. The molecule has 0 aromatic heterocycles. The van der Waals surface area contributed by atoms with E-state index in [9.17, 15) is 4.79 Å². The Balaban J connectivity index is 1.90. The van der Waals surface area contributed by atoms with Gasteiger partial charge in [0, 0.05) is 45.3 Å². The molecule has 0 radical (unpaired) electrons. The first-order valence-corrected chi connectivity index (χ1v) is 10.2. The maximum absolute atomic E-state index is 12.5.